The fraction of sp³-hybridized carbons (Fsp3) is 0.615. The van der Waals surface area contributed by atoms with E-state index in [0.717, 1.165) is 32.5 Å². The molecule has 3 heteroatoms. The molecule has 0 saturated heterocycles. The number of allylic oxidation sites excluding steroid dienone is 1. The molecule has 1 N–H and O–H groups in total. The number of nitrogens with zero attached hydrogens (tertiary/aromatic N) is 2. The standard InChI is InChI=1S/C13H23N3/c1-4-14-8-6-7-12(3)9-13-10-15-16(5-2)11-13/h7,10-11,14H,4-6,8-9H2,1-3H3. The van der Waals surface area contributed by atoms with Gasteiger partial charge < -0.3 is 5.32 Å². The first-order valence-electron chi connectivity index (χ1n) is 6.14. The van der Waals surface area contributed by atoms with Gasteiger partial charge in [-0.15, -0.1) is 0 Å². The van der Waals surface area contributed by atoms with Gasteiger partial charge in [-0.3, -0.25) is 4.68 Å². The van der Waals surface area contributed by atoms with Crippen LogP contribution in [0.5, 0.6) is 0 Å². The molecule has 0 bridgehead atoms. The highest BCUT2D eigenvalue weighted by atomic mass is 15.3. The number of hydrogen-bond acceptors (Lipinski definition) is 2. The van der Waals surface area contributed by atoms with Crippen molar-refractivity contribution in [2.45, 2.75) is 40.2 Å². The summed E-state index contributed by atoms with van der Waals surface area (Å²) in [4.78, 5) is 0. The predicted octanol–water partition coefficient (Wildman–Crippen LogP) is 2.39. The van der Waals surface area contributed by atoms with Crippen LogP contribution in [0.3, 0.4) is 0 Å². The van der Waals surface area contributed by atoms with Crippen molar-refractivity contribution in [3.05, 3.63) is 29.6 Å². The molecule has 0 amide bonds. The van der Waals surface area contributed by atoms with Crippen molar-refractivity contribution in [2.24, 2.45) is 0 Å². The Labute approximate surface area is 98.5 Å². The second kappa shape index (κ2) is 7.23. The molecule has 0 atom stereocenters. The number of hydrogen-bond donors (Lipinski definition) is 1. The third-order valence-electron chi connectivity index (χ3n) is 2.56. The van der Waals surface area contributed by atoms with Crippen LogP contribution < -0.4 is 5.32 Å². The largest absolute Gasteiger partial charge is 0.317 e. The van der Waals surface area contributed by atoms with Crippen molar-refractivity contribution >= 4 is 0 Å². The molecule has 90 valence electrons. The van der Waals surface area contributed by atoms with E-state index in [1.54, 1.807) is 0 Å². The normalized spacial score (nSPS) is 12.1. The van der Waals surface area contributed by atoms with Crippen LogP contribution in [-0.4, -0.2) is 22.9 Å². The SMILES string of the molecule is CCNCCC=C(C)Cc1cnn(CC)c1. The smallest absolute Gasteiger partial charge is 0.0525 e. The number of aryl methyl sites for hydroxylation is 1. The van der Waals surface area contributed by atoms with E-state index in [9.17, 15) is 0 Å². The third kappa shape index (κ3) is 4.62. The third-order valence-corrected chi connectivity index (χ3v) is 2.56. The minimum absolute atomic E-state index is 0.948. The van der Waals surface area contributed by atoms with Crippen LogP contribution in [0.4, 0.5) is 0 Å². The molecule has 0 unspecified atom stereocenters. The Morgan fingerprint density at radius 1 is 1.50 bits per heavy atom. The van der Waals surface area contributed by atoms with Gasteiger partial charge in [-0.05, 0) is 45.3 Å². The van der Waals surface area contributed by atoms with Crippen molar-refractivity contribution in [1.82, 2.24) is 15.1 Å². The molecule has 1 aromatic heterocycles. The van der Waals surface area contributed by atoms with Gasteiger partial charge >= 0.3 is 0 Å². The first kappa shape index (κ1) is 13.0. The van der Waals surface area contributed by atoms with Gasteiger partial charge in [0.05, 0.1) is 6.20 Å². The van der Waals surface area contributed by atoms with E-state index < -0.39 is 0 Å². The maximum Gasteiger partial charge on any atom is 0.0525 e. The molecule has 0 aliphatic heterocycles. The minimum Gasteiger partial charge on any atom is -0.317 e. The molecule has 0 radical (unpaired) electrons. The summed E-state index contributed by atoms with van der Waals surface area (Å²) in [7, 11) is 0. The van der Waals surface area contributed by atoms with Gasteiger partial charge in [0.15, 0.2) is 0 Å². The molecule has 0 saturated carbocycles. The second-order valence-corrected chi connectivity index (χ2v) is 4.07. The van der Waals surface area contributed by atoms with E-state index >= 15 is 0 Å². The van der Waals surface area contributed by atoms with Crippen LogP contribution >= 0.6 is 0 Å². The molecule has 16 heavy (non-hydrogen) atoms. The van der Waals surface area contributed by atoms with Crippen molar-refractivity contribution < 1.29 is 0 Å². The molecule has 0 fully saturated rings. The average molecular weight is 221 g/mol. The monoisotopic (exact) mass is 221 g/mol. The lowest BCUT2D eigenvalue weighted by atomic mass is 10.1. The maximum absolute atomic E-state index is 4.27. The molecular formula is C13H23N3. The molecule has 1 rings (SSSR count). The summed E-state index contributed by atoms with van der Waals surface area (Å²) in [5.41, 5.74) is 2.73. The minimum atomic E-state index is 0.948. The highest BCUT2D eigenvalue weighted by molar-refractivity contribution is 5.15. The summed E-state index contributed by atoms with van der Waals surface area (Å²) in [6, 6.07) is 0. The molecular weight excluding hydrogens is 198 g/mol. The molecule has 0 aliphatic carbocycles. The Bertz CT molecular complexity index is 326. The van der Waals surface area contributed by atoms with Crippen LogP contribution in [0.1, 0.15) is 32.8 Å². The van der Waals surface area contributed by atoms with E-state index in [1.807, 2.05) is 10.9 Å². The molecule has 0 aliphatic rings. The summed E-state index contributed by atoms with van der Waals surface area (Å²) >= 11 is 0. The van der Waals surface area contributed by atoms with Crippen LogP contribution in [0.25, 0.3) is 0 Å². The van der Waals surface area contributed by atoms with Gasteiger partial charge in [0, 0.05) is 12.7 Å². The average Bonchev–Trinajstić information content (AvgIpc) is 2.72. The summed E-state index contributed by atoms with van der Waals surface area (Å²) in [6.45, 7) is 9.50. The summed E-state index contributed by atoms with van der Waals surface area (Å²) < 4.78 is 1.97. The molecule has 1 heterocycles. The summed E-state index contributed by atoms with van der Waals surface area (Å²) in [6.07, 6.45) is 8.53. The first-order valence-corrected chi connectivity index (χ1v) is 6.14. The van der Waals surface area contributed by atoms with Crippen LogP contribution in [-0.2, 0) is 13.0 Å². The fourth-order valence-electron chi connectivity index (χ4n) is 1.66. The predicted molar refractivity (Wildman–Crippen MR) is 68.5 cm³/mol. The topological polar surface area (TPSA) is 29.9 Å². The second-order valence-electron chi connectivity index (χ2n) is 4.07. The lowest BCUT2D eigenvalue weighted by molar-refractivity contribution is 0.659. The van der Waals surface area contributed by atoms with Gasteiger partial charge in [0.1, 0.15) is 0 Å². The van der Waals surface area contributed by atoms with E-state index in [0.29, 0.717) is 0 Å². The molecule has 1 aromatic rings. The van der Waals surface area contributed by atoms with Crippen LogP contribution in [0, 0.1) is 0 Å². The maximum atomic E-state index is 4.27. The Morgan fingerprint density at radius 2 is 2.31 bits per heavy atom. The van der Waals surface area contributed by atoms with Crippen molar-refractivity contribution in [2.75, 3.05) is 13.1 Å². The highest BCUT2D eigenvalue weighted by Gasteiger charge is 1.98. The van der Waals surface area contributed by atoms with Gasteiger partial charge in [-0.1, -0.05) is 18.6 Å². The van der Waals surface area contributed by atoms with Gasteiger partial charge in [-0.25, -0.2) is 0 Å². The fourth-order valence-corrected chi connectivity index (χ4v) is 1.66. The van der Waals surface area contributed by atoms with E-state index in [4.69, 9.17) is 0 Å². The lowest BCUT2D eigenvalue weighted by Gasteiger charge is -2.00. The number of nitrogens with one attached hydrogen (secondary N) is 1. The lowest BCUT2D eigenvalue weighted by Crippen LogP contribution is -2.13. The molecule has 3 nitrogen and oxygen atoms in total. The van der Waals surface area contributed by atoms with Crippen molar-refractivity contribution in [3.63, 3.8) is 0 Å². The van der Waals surface area contributed by atoms with Gasteiger partial charge in [0.25, 0.3) is 0 Å². The van der Waals surface area contributed by atoms with Crippen LogP contribution in [0.15, 0.2) is 24.0 Å². The molecule has 0 spiro atoms. The first-order chi connectivity index (χ1) is 7.76. The molecule has 0 aromatic carbocycles. The van der Waals surface area contributed by atoms with Gasteiger partial charge in [-0.2, -0.15) is 5.10 Å². The Hall–Kier alpha value is -1.09. The van der Waals surface area contributed by atoms with E-state index in [-0.39, 0.29) is 0 Å². The number of rotatable bonds is 7. The van der Waals surface area contributed by atoms with E-state index in [2.05, 4.69) is 43.5 Å². The highest BCUT2D eigenvalue weighted by Crippen LogP contribution is 2.07. The zero-order chi connectivity index (χ0) is 11.8. The van der Waals surface area contributed by atoms with Crippen molar-refractivity contribution in [1.29, 1.82) is 0 Å². The Balaban J connectivity index is 2.35. The zero-order valence-corrected chi connectivity index (χ0v) is 10.7. The Morgan fingerprint density at radius 3 is 2.94 bits per heavy atom. The quantitative estimate of drug-likeness (QED) is 0.566. The summed E-state index contributed by atoms with van der Waals surface area (Å²) in [5.74, 6) is 0. The van der Waals surface area contributed by atoms with Crippen molar-refractivity contribution in [3.8, 4) is 0 Å². The Kier molecular flexibility index (Phi) is 5.86. The number of aromatic nitrogens is 2. The summed E-state index contributed by atoms with van der Waals surface area (Å²) in [5, 5.41) is 7.59. The van der Waals surface area contributed by atoms with E-state index in [1.165, 1.54) is 11.1 Å². The van der Waals surface area contributed by atoms with Gasteiger partial charge in [0.2, 0.25) is 0 Å². The zero-order valence-electron chi connectivity index (χ0n) is 10.7. The van der Waals surface area contributed by atoms with Crippen LogP contribution in [0.2, 0.25) is 0 Å².